The summed E-state index contributed by atoms with van der Waals surface area (Å²) >= 11 is 0. The summed E-state index contributed by atoms with van der Waals surface area (Å²) in [5.74, 6) is 1.92. The third-order valence-electron chi connectivity index (χ3n) is 5.26. The highest BCUT2D eigenvalue weighted by molar-refractivity contribution is 14.0. The molecular weight excluding hydrogens is 427 g/mol. The Bertz CT molecular complexity index is 408. The largest absolute Gasteiger partial charge is 0.357 e. The molecular formula is C19H37IN4O. The highest BCUT2D eigenvalue weighted by Crippen LogP contribution is 2.22. The van der Waals surface area contributed by atoms with Gasteiger partial charge in [0.25, 0.3) is 0 Å². The molecule has 1 saturated carbocycles. The van der Waals surface area contributed by atoms with Crippen molar-refractivity contribution in [1.82, 2.24) is 15.5 Å². The van der Waals surface area contributed by atoms with Crippen LogP contribution in [0.15, 0.2) is 4.99 Å². The number of hydrogen-bond donors (Lipinski definition) is 2. The molecule has 1 amide bonds. The summed E-state index contributed by atoms with van der Waals surface area (Å²) in [5, 5.41) is 6.91. The van der Waals surface area contributed by atoms with E-state index in [1.54, 1.807) is 0 Å². The number of likely N-dealkylation sites (tertiary alicyclic amines) is 1. The van der Waals surface area contributed by atoms with Crippen LogP contribution < -0.4 is 10.6 Å². The second kappa shape index (κ2) is 12.8. The number of carbonyl (C=O) groups is 1. The number of carbonyl (C=O) groups excluding carboxylic acids is 1. The molecule has 2 aliphatic rings. The zero-order valence-corrected chi connectivity index (χ0v) is 18.4. The van der Waals surface area contributed by atoms with E-state index >= 15 is 0 Å². The first-order valence-electron chi connectivity index (χ1n) is 10.1. The van der Waals surface area contributed by atoms with E-state index in [4.69, 9.17) is 4.99 Å². The van der Waals surface area contributed by atoms with E-state index in [9.17, 15) is 4.79 Å². The Morgan fingerprint density at radius 2 is 1.76 bits per heavy atom. The minimum absolute atomic E-state index is 0. The minimum Gasteiger partial charge on any atom is -0.357 e. The fraction of sp³-hybridized carbons (Fsp3) is 0.895. The van der Waals surface area contributed by atoms with Gasteiger partial charge in [0.2, 0.25) is 5.91 Å². The topological polar surface area (TPSA) is 56.7 Å². The molecule has 1 aliphatic carbocycles. The Hall–Kier alpha value is -0.530. The summed E-state index contributed by atoms with van der Waals surface area (Å²) in [4.78, 5) is 18.6. The summed E-state index contributed by atoms with van der Waals surface area (Å²) < 4.78 is 0. The molecule has 1 aliphatic heterocycles. The predicted molar refractivity (Wildman–Crippen MR) is 116 cm³/mol. The molecule has 0 aromatic carbocycles. The third-order valence-corrected chi connectivity index (χ3v) is 5.26. The molecule has 146 valence electrons. The zero-order valence-electron chi connectivity index (χ0n) is 16.1. The zero-order chi connectivity index (χ0) is 17.2. The van der Waals surface area contributed by atoms with E-state index in [-0.39, 0.29) is 29.9 Å². The molecule has 2 N–H and O–H groups in total. The van der Waals surface area contributed by atoms with Crippen molar-refractivity contribution in [2.75, 3.05) is 26.2 Å². The van der Waals surface area contributed by atoms with Crippen LogP contribution in [0.25, 0.3) is 0 Å². The molecule has 6 heteroatoms. The normalized spacial score (nSPS) is 22.7. The molecule has 1 saturated heterocycles. The smallest absolute Gasteiger partial charge is 0.222 e. The Labute approximate surface area is 170 Å². The SMILES string of the molecule is CCNC(=NCC1CCCCCCC1)NC1CCN(C(=O)CC)C1.I. The van der Waals surface area contributed by atoms with Crippen molar-refractivity contribution in [3.05, 3.63) is 0 Å². The van der Waals surface area contributed by atoms with Crippen molar-refractivity contribution in [3.8, 4) is 0 Å². The average molecular weight is 464 g/mol. The van der Waals surface area contributed by atoms with Crippen molar-refractivity contribution in [1.29, 1.82) is 0 Å². The Balaban J connectivity index is 0.00000312. The quantitative estimate of drug-likeness (QED) is 0.372. The van der Waals surface area contributed by atoms with Crippen LogP contribution in [0.2, 0.25) is 0 Å². The number of nitrogens with one attached hydrogen (secondary N) is 2. The molecule has 0 spiro atoms. The first kappa shape index (κ1) is 22.5. The van der Waals surface area contributed by atoms with Gasteiger partial charge in [0.05, 0.1) is 0 Å². The van der Waals surface area contributed by atoms with Crippen LogP contribution in [0.1, 0.15) is 71.6 Å². The fourth-order valence-corrected chi connectivity index (χ4v) is 3.79. The van der Waals surface area contributed by atoms with Crippen LogP contribution >= 0.6 is 24.0 Å². The van der Waals surface area contributed by atoms with Crippen LogP contribution in [0.4, 0.5) is 0 Å². The number of amides is 1. The number of hydrogen-bond acceptors (Lipinski definition) is 2. The summed E-state index contributed by atoms with van der Waals surface area (Å²) in [5.41, 5.74) is 0. The lowest BCUT2D eigenvalue weighted by atomic mass is 9.91. The van der Waals surface area contributed by atoms with Crippen molar-refractivity contribution >= 4 is 35.8 Å². The second-order valence-electron chi connectivity index (χ2n) is 7.25. The van der Waals surface area contributed by atoms with E-state index in [0.29, 0.717) is 12.5 Å². The summed E-state index contributed by atoms with van der Waals surface area (Å²) in [6, 6.07) is 0.329. The van der Waals surface area contributed by atoms with Gasteiger partial charge in [0, 0.05) is 38.6 Å². The number of nitrogens with zero attached hydrogens (tertiary/aromatic N) is 2. The predicted octanol–water partition coefficient (Wildman–Crippen LogP) is 3.53. The minimum atomic E-state index is 0. The van der Waals surface area contributed by atoms with Crippen molar-refractivity contribution in [3.63, 3.8) is 0 Å². The van der Waals surface area contributed by atoms with Crippen LogP contribution in [0, 0.1) is 5.92 Å². The Morgan fingerprint density at radius 1 is 1.08 bits per heavy atom. The van der Waals surface area contributed by atoms with Crippen LogP contribution in [0.3, 0.4) is 0 Å². The Kier molecular flexibility index (Phi) is 11.5. The van der Waals surface area contributed by atoms with Gasteiger partial charge < -0.3 is 15.5 Å². The van der Waals surface area contributed by atoms with E-state index in [0.717, 1.165) is 44.5 Å². The molecule has 0 aromatic heterocycles. The summed E-state index contributed by atoms with van der Waals surface area (Å²) in [7, 11) is 0. The van der Waals surface area contributed by atoms with Gasteiger partial charge in [0.1, 0.15) is 0 Å². The number of guanidine groups is 1. The van der Waals surface area contributed by atoms with Gasteiger partial charge in [-0.05, 0) is 32.1 Å². The molecule has 25 heavy (non-hydrogen) atoms. The highest BCUT2D eigenvalue weighted by Gasteiger charge is 2.25. The van der Waals surface area contributed by atoms with Gasteiger partial charge >= 0.3 is 0 Å². The maximum atomic E-state index is 11.8. The molecule has 0 bridgehead atoms. The van der Waals surface area contributed by atoms with Crippen molar-refractivity contribution < 1.29 is 4.79 Å². The molecule has 0 radical (unpaired) electrons. The van der Waals surface area contributed by atoms with E-state index in [1.165, 1.54) is 44.9 Å². The number of halogens is 1. The van der Waals surface area contributed by atoms with Gasteiger partial charge in [-0.2, -0.15) is 0 Å². The highest BCUT2D eigenvalue weighted by atomic mass is 127. The van der Waals surface area contributed by atoms with Crippen LogP contribution in [-0.4, -0.2) is 49.0 Å². The van der Waals surface area contributed by atoms with E-state index in [2.05, 4.69) is 17.6 Å². The fourth-order valence-electron chi connectivity index (χ4n) is 3.79. The first-order valence-corrected chi connectivity index (χ1v) is 10.1. The van der Waals surface area contributed by atoms with Gasteiger partial charge in [0.15, 0.2) is 5.96 Å². The lowest BCUT2D eigenvalue weighted by molar-refractivity contribution is -0.129. The van der Waals surface area contributed by atoms with Crippen LogP contribution in [-0.2, 0) is 4.79 Å². The third kappa shape index (κ3) is 8.13. The molecule has 2 fully saturated rings. The second-order valence-corrected chi connectivity index (χ2v) is 7.25. The summed E-state index contributed by atoms with van der Waals surface area (Å²) in [6.45, 7) is 7.52. The average Bonchev–Trinajstić information content (AvgIpc) is 3.01. The number of rotatable bonds is 5. The lowest BCUT2D eigenvalue weighted by Gasteiger charge is -2.21. The summed E-state index contributed by atoms with van der Waals surface area (Å²) in [6.07, 6.45) is 11.2. The lowest BCUT2D eigenvalue weighted by Crippen LogP contribution is -2.45. The van der Waals surface area contributed by atoms with E-state index < -0.39 is 0 Å². The molecule has 1 unspecified atom stereocenters. The van der Waals surface area contributed by atoms with Crippen molar-refractivity contribution in [2.45, 2.75) is 77.7 Å². The molecule has 0 aromatic rings. The number of aliphatic imine (C=N–C) groups is 1. The molecule has 2 rings (SSSR count). The van der Waals surface area contributed by atoms with Gasteiger partial charge in [-0.3, -0.25) is 9.79 Å². The van der Waals surface area contributed by atoms with Gasteiger partial charge in [-0.1, -0.05) is 39.0 Å². The Morgan fingerprint density at radius 3 is 2.40 bits per heavy atom. The molecule has 1 atom stereocenters. The monoisotopic (exact) mass is 464 g/mol. The maximum absolute atomic E-state index is 11.8. The maximum Gasteiger partial charge on any atom is 0.222 e. The van der Waals surface area contributed by atoms with E-state index in [1.807, 2.05) is 11.8 Å². The van der Waals surface area contributed by atoms with Crippen molar-refractivity contribution in [2.24, 2.45) is 10.9 Å². The first-order chi connectivity index (χ1) is 11.7. The standard InChI is InChI=1S/C19H36N4O.HI/c1-3-18(24)23-13-12-17(15-23)22-19(20-4-2)21-14-16-10-8-6-5-7-9-11-16;/h16-17H,3-15H2,1-2H3,(H2,20,21,22);1H. The van der Waals surface area contributed by atoms with Crippen LogP contribution in [0.5, 0.6) is 0 Å². The van der Waals surface area contributed by atoms with Gasteiger partial charge in [-0.15, -0.1) is 24.0 Å². The molecule has 5 nitrogen and oxygen atoms in total. The molecule has 1 heterocycles. The van der Waals surface area contributed by atoms with Gasteiger partial charge in [-0.25, -0.2) is 0 Å².